The van der Waals surface area contributed by atoms with Gasteiger partial charge in [0.2, 0.25) is 5.95 Å². The Kier molecular flexibility index (Phi) is 4.76. The van der Waals surface area contributed by atoms with Crippen molar-refractivity contribution >= 4 is 49.3 Å². The average molecular weight is 386 g/mol. The van der Waals surface area contributed by atoms with Crippen molar-refractivity contribution in [3.05, 3.63) is 38.9 Å². The number of anilines is 3. The molecule has 1 aromatic heterocycles. The molecular formula is C13H14Br2N4. The predicted molar refractivity (Wildman–Crippen MR) is 86.1 cm³/mol. The molecule has 1 heterocycles. The Morgan fingerprint density at radius 3 is 2.68 bits per heavy atom. The van der Waals surface area contributed by atoms with Crippen LogP contribution in [-0.2, 0) is 0 Å². The molecule has 2 rings (SSSR count). The molecule has 0 aliphatic carbocycles. The molecule has 0 unspecified atom stereocenters. The fourth-order valence-corrected chi connectivity index (χ4v) is 2.17. The van der Waals surface area contributed by atoms with E-state index in [1.807, 2.05) is 25.1 Å². The first-order valence-corrected chi connectivity index (χ1v) is 7.48. The van der Waals surface area contributed by atoms with E-state index >= 15 is 0 Å². The molecule has 0 saturated carbocycles. The predicted octanol–water partition coefficient (Wildman–Crippen LogP) is 4.49. The van der Waals surface area contributed by atoms with Crippen LogP contribution in [0, 0.1) is 6.92 Å². The van der Waals surface area contributed by atoms with Crippen LogP contribution < -0.4 is 10.6 Å². The molecule has 100 valence electrons. The van der Waals surface area contributed by atoms with E-state index in [9.17, 15) is 0 Å². The Morgan fingerprint density at radius 2 is 2.00 bits per heavy atom. The van der Waals surface area contributed by atoms with Crippen LogP contribution in [-0.4, -0.2) is 16.5 Å². The third-order valence-corrected chi connectivity index (χ3v) is 3.95. The van der Waals surface area contributed by atoms with Gasteiger partial charge in [-0.25, -0.2) is 4.98 Å². The molecule has 2 N–H and O–H groups in total. The number of halogens is 2. The second-order valence-corrected chi connectivity index (χ2v) is 5.72. The van der Waals surface area contributed by atoms with Gasteiger partial charge < -0.3 is 10.6 Å². The number of rotatable bonds is 4. The molecular weight excluding hydrogens is 372 g/mol. The molecule has 0 fully saturated rings. The van der Waals surface area contributed by atoms with Crippen molar-refractivity contribution in [2.24, 2.45) is 0 Å². The first-order chi connectivity index (χ1) is 9.10. The summed E-state index contributed by atoms with van der Waals surface area (Å²) in [6, 6.07) is 6.09. The summed E-state index contributed by atoms with van der Waals surface area (Å²) in [5.74, 6) is 1.35. The van der Waals surface area contributed by atoms with Gasteiger partial charge >= 0.3 is 0 Å². The minimum atomic E-state index is 0.611. The molecule has 0 radical (unpaired) electrons. The zero-order valence-corrected chi connectivity index (χ0v) is 13.8. The first kappa shape index (κ1) is 14.3. The molecule has 6 heteroatoms. The Bertz CT molecular complexity index is 587. The topological polar surface area (TPSA) is 49.8 Å². The number of aryl methyl sites for hydroxylation is 1. The molecule has 4 nitrogen and oxygen atoms in total. The van der Waals surface area contributed by atoms with Gasteiger partial charge in [0.1, 0.15) is 5.82 Å². The maximum atomic E-state index is 4.41. The molecule has 0 bridgehead atoms. The summed E-state index contributed by atoms with van der Waals surface area (Å²) >= 11 is 6.97. The van der Waals surface area contributed by atoms with Crippen molar-refractivity contribution in [1.82, 2.24) is 9.97 Å². The van der Waals surface area contributed by atoms with Gasteiger partial charge in [-0.15, -0.1) is 0 Å². The molecule has 0 spiro atoms. The highest BCUT2D eigenvalue weighted by Gasteiger charge is 2.06. The second kappa shape index (κ2) is 6.34. The zero-order chi connectivity index (χ0) is 13.8. The van der Waals surface area contributed by atoms with Gasteiger partial charge in [0.05, 0.1) is 4.47 Å². The van der Waals surface area contributed by atoms with E-state index in [1.165, 1.54) is 5.56 Å². The normalized spacial score (nSPS) is 10.3. The van der Waals surface area contributed by atoms with Crippen LogP contribution in [0.2, 0.25) is 0 Å². The third-order valence-electron chi connectivity index (χ3n) is 2.51. The fourth-order valence-electron chi connectivity index (χ4n) is 1.51. The summed E-state index contributed by atoms with van der Waals surface area (Å²) < 4.78 is 1.89. The van der Waals surface area contributed by atoms with Gasteiger partial charge in [-0.3, -0.25) is 0 Å². The van der Waals surface area contributed by atoms with Crippen LogP contribution in [0.3, 0.4) is 0 Å². The Hall–Kier alpha value is -1.14. The van der Waals surface area contributed by atoms with Crippen LogP contribution >= 0.6 is 31.9 Å². The van der Waals surface area contributed by atoms with Crippen molar-refractivity contribution in [3.63, 3.8) is 0 Å². The van der Waals surface area contributed by atoms with Crippen molar-refractivity contribution in [1.29, 1.82) is 0 Å². The van der Waals surface area contributed by atoms with Crippen LogP contribution in [0.4, 0.5) is 17.5 Å². The average Bonchev–Trinajstić information content (AvgIpc) is 2.38. The number of hydrogen-bond acceptors (Lipinski definition) is 4. The monoisotopic (exact) mass is 384 g/mol. The lowest BCUT2D eigenvalue weighted by Gasteiger charge is -2.10. The number of nitrogens with one attached hydrogen (secondary N) is 2. The molecule has 19 heavy (non-hydrogen) atoms. The number of nitrogens with zero attached hydrogens (tertiary/aromatic N) is 2. The van der Waals surface area contributed by atoms with Crippen LogP contribution in [0.25, 0.3) is 0 Å². The van der Waals surface area contributed by atoms with E-state index < -0.39 is 0 Å². The molecule has 1 aromatic carbocycles. The second-order valence-electron chi connectivity index (χ2n) is 4.01. The van der Waals surface area contributed by atoms with Crippen molar-refractivity contribution < 1.29 is 0 Å². The minimum absolute atomic E-state index is 0.611. The minimum Gasteiger partial charge on any atom is -0.354 e. The Balaban J connectivity index is 2.26. The van der Waals surface area contributed by atoms with Gasteiger partial charge in [-0.05, 0) is 47.5 Å². The lowest BCUT2D eigenvalue weighted by molar-refractivity contribution is 1.08. The largest absolute Gasteiger partial charge is 0.354 e. The SMILES string of the molecule is CCNc1ncc(Br)c(Nc2ccc(C)c(Br)c2)n1. The van der Waals surface area contributed by atoms with Crippen LogP contribution in [0.1, 0.15) is 12.5 Å². The third kappa shape index (κ3) is 3.67. The van der Waals surface area contributed by atoms with Gasteiger partial charge in [-0.2, -0.15) is 4.98 Å². The van der Waals surface area contributed by atoms with Gasteiger partial charge in [0.25, 0.3) is 0 Å². The summed E-state index contributed by atoms with van der Waals surface area (Å²) in [7, 11) is 0. The molecule has 2 aromatic rings. The highest BCUT2D eigenvalue weighted by atomic mass is 79.9. The molecule has 0 aliphatic heterocycles. The number of hydrogen-bond donors (Lipinski definition) is 2. The Labute approximate surface area is 129 Å². The van der Waals surface area contributed by atoms with E-state index in [4.69, 9.17) is 0 Å². The number of benzene rings is 1. The molecule has 0 amide bonds. The maximum Gasteiger partial charge on any atom is 0.224 e. The summed E-state index contributed by atoms with van der Waals surface area (Å²) in [6.07, 6.45) is 1.73. The Morgan fingerprint density at radius 1 is 1.21 bits per heavy atom. The van der Waals surface area contributed by atoms with Crippen molar-refractivity contribution in [2.45, 2.75) is 13.8 Å². The zero-order valence-electron chi connectivity index (χ0n) is 10.7. The molecule has 0 atom stereocenters. The van der Waals surface area contributed by atoms with E-state index in [0.29, 0.717) is 5.95 Å². The van der Waals surface area contributed by atoms with E-state index in [2.05, 4.69) is 59.4 Å². The smallest absolute Gasteiger partial charge is 0.224 e. The maximum absolute atomic E-state index is 4.41. The summed E-state index contributed by atoms with van der Waals surface area (Å²) in [4.78, 5) is 8.60. The lowest BCUT2D eigenvalue weighted by atomic mass is 10.2. The molecule has 0 aliphatic rings. The van der Waals surface area contributed by atoms with E-state index in [-0.39, 0.29) is 0 Å². The standard InChI is InChI=1S/C13H14Br2N4/c1-3-16-13-17-7-11(15)12(19-13)18-9-5-4-8(2)10(14)6-9/h4-7H,3H2,1-2H3,(H2,16,17,18,19). The highest BCUT2D eigenvalue weighted by Crippen LogP contribution is 2.27. The van der Waals surface area contributed by atoms with E-state index in [0.717, 1.165) is 27.0 Å². The summed E-state index contributed by atoms with van der Waals surface area (Å²) in [5, 5.41) is 6.36. The van der Waals surface area contributed by atoms with Gasteiger partial charge in [0, 0.05) is 22.9 Å². The fraction of sp³-hybridized carbons (Fsp3) is 0.231. The van der Waals surface area contributed by atoms with Crippen molar-refractivity contribution in [2.75, 3.05) is 17.2 Å². The summed E-state index contributed by atoms with van der Waals surface area (Å²) in [6.45, 7) is 4.85. The summed E-state index contributed by atoms with van der Waals surface area (Å²) in [5.41, 5.74) is 2.17. The highest BCUT2D eigenvalue weighted by molar-refractivity contribution is 9.10. The van der Waals surface area contributed by atoms with E-state index in [1.54, 1.807) is 6.20 Å². The van der Waals surface area contributed by atoms with Crippen LogP contribution in [0.15, 0.2) is 33.3 Å². The lowest BCUT2D eigenvalue weighted by Crippen LogP contribution is -2.04. The number of aromatic nitrogens is 2. The van der Waals surface area contributed by atoms with Gasteiger partial charge in [-0.1, -0.05) is 22.0 Å². The molecule has 0 saturated heterocycles. The first-order valence-electron chi connectivity index (χ1n) is 5.89. The van der Waals surface area contributed by atoms with Gasteiger partial charge in [0.15, 0.2) is 0 Å². The van der Waals surface area contributed by atoms with Crippen molar-refractivity contribution in [3.8, 4) is 0 Å². The quantitative estimate of drug-likeness (QED) is 0.814. The van der Waals surface area contributed by atoms with Crippen LogP contribution in [0.5, 0.6) is 0 Å².